The average Bonchev–Trinajstić information content (AvgIpc) is 2.68. The van der Waals surface area contributed by atoms with E-state index >= 15 is 0 Å². The van der Waals surface area contributed by atoms with E-state index in [9.17, 15) is 4.79 Å². The van der Waals surface area contributed by atoms with Crippen molar-refractivity contribution in [1.82, 2.24) is 20.1 Å². The fraction of sp³-hybridized carbons (Fsp3) is 0.714. The predicted octanol–water partition coefficient (Wildman–Crippen LogP) is 3.78. The Hall–Kier alpha value is -1.27. The summed E-state index contributed by atoms with van der Waals surface area (Å²) in [7, 11) is 0. The van der Waals surface area contributed by atoms with Gasteiger partial charge in [-0.1, -0.05) is 26.8 Å². The number of amides is 2. The monoisotopic (exact) mass is 390 g/mol. The summed E-state index contributed by atoms with van der Waals surface area (Å²) in [4.78, 5) is 21.8. The number of thioether (sulfide) groups is 1. The maximum absolute atomic E-state index is 12.9. The van der Waals surface area contributed by atoms with Gasteiger partial charge in [-0.3, -0.25) is 9.88 Å². The molecule has 6 heteroatoms. The van der Waals surface area contributed by atoms with Crippen LogP contribution in [0.1, 0.15) is 51.6 Å². The van der Waals surface area contributed by atoms with Gasteiger partial charge in [0, 0.05) is 56.1 Å². The number of carbonyl (C=O) groups excluding carboxylic acids is 1. The molecule has 27 heavy (non-hydrogen) atoms. The lowest BCUT2D eigenvalue weighted by Gasteiger charge is -2.40. The van der Waals surface area contributed by atoms with Crippen LogP contribution in [-0.2, 0) is 0 Å². The van der Waals surface area contributed by atoms with E-state index in [1.165, 1.54) is 24.6 Å². The van der Waals surface area contributed by atoms with Gasteiger partial charge in [-0.05, 0) is 36.3 Å². The Labute approximate surface area is 168 Å². The predicted molar refractivity (Wildman–Crippen MR) is 113 cm³/mol. The molecule has 5 nitrogen and oxygen atoms in total. The number of rotatable bonds is 4. The summed E-state index contributed by atoms with van der Waals surface area (Å²) in [6.07, 6.45) is 6.73. The molecule has 1 atom stereocenters. The third kappa shape index (κ3) is 6.11. The number of hydrogen-bond acceptors (Lipinski definition) is 4. The number of nitrogens with one attached hydrogen (secondary N) is 1. The third-order valence-corrected chi connectivity index (χ3v) is 6.46. The van der Waals surface area contributed by atoms with Gasteiger partial charge < -0.3 is 10.2 Å². The SMILES string of the molecule is CC(C)(C)C[C@@H](NC(=O)N1CCC(N2CCSCC2)CC1)c1cccnc1. The van der Waals surface area contributed by atoms with E-state index in [1.807, 2.05) is 17.2 Å². The van der Waals surface area contributed by atoms with Crippen LogP contribution in [0.5, 0.6) is 0 Å². The van der Waals surface area contributed by atoms with Crippen molar-refractivity contribution in [3.05, 3.63) is 30.1 Å². The number of nitrogens with zero attached hydrogens (tertiary/aromatic N) is 3. The zero-order chi connectivity index (χ0) is 19.3. The Balaban J connectivity index is 1.56. The fourth-order valence-corrected chi connectivity index (χ4v) is 5.00. The summed E-state index contributed by atoms with van der Waals surface area (Å²) < 4.78 is 0. The summed E-state index contributed by atoms with van der Waals surface area (Å²) in [6.45, 7) is 10.8. The van der Waals surface area contributed by atoms with Gasteiger partial charge >= 0.3 is 6.03 Å². The molecule has 0 aliphatic carbocycles. The van der Waals surface area contributed by atoms with E-state index in [1.54, 1.807) is 6.20 Å². The van der Waals surface area contributed by atoms with Crippen molar-refractivity contribution in [3.63, 3.8) is 0 Å². The Bertz CT molecular complexity index is 590. The number of aromatic nitrogens is 1. The second-order valence-electron chi connectivity index (χ2n) is 8.92. The molecule has 3 rings (SSSR count). The normalized spacial score (nSPS) is 21.1. The van der Waals surface area contributed by atoms with Crippen LogP contribution >= 0.6 is 11.8 Å². The molecule has 2 fully saturated rings. The van der Waals surface area contributed by atoms with Gasteiger partial charge in [-0.2, -0.15) is 11.8 Å². The second-order valence-corrected chi connectivity index (χ2v) is 10.1. The lowest BCUT2D eigenvalue weighted by atomic mass is 9.86. The van der Waals surface area contributed by atoms with Crippen molar-refractivity contribution < 1.29 is 4.79 Å². The first-order chi connectivity index (χ1) is 12.9. The van der Waals surface area contributed by atoms with Crippen LogP contribution in [0, 0.1) is 5.41 Å². The van der Waals surface area contributed by atoms with Crippen molar-refractivity contribution in [2.75, 3.05) is 37.7 Å². The molecule has 2 saturated heterocycles. The van der Waals surface area contributed by atoms with E-state index in [0.717, 1.165) is 37.9 Å². The molecule has 1 N–H and O–H groups in total. The van der Waals surface area contributed by atoms with Gasteiger partial charge in [0.15, 0.2) is 0 Å². The summed E-state index contributed by atoms with van der Waals surface area (Å²) in [6, 6.07) is 4.73. The maximum atomic E-state index is 12.9. The van der Waals surface area contributed by atoms with Crippen LogP contribution in [0.2, 0.25) is 0 Å². The molecule has 0 bridgehead atoms. The van der Waals surface area contributed by atoms with E-state index in [-0.39, 0.29) is 17.5 Å². The van der Waals surface area contributed by atoms with Crippen LogP contribution in [0.4, 0.5) is 4.79 Å². The zero-order valence-electron chi connectivity index (χ0n) is 17.0. The van der Waals surface area contributed by atoms with Gasteiger partial charge in [0.25, 0.3) is 0 Å². The number of piperidine rings is 1. The van der Waals surface area contributed by atoms with Crippen molar-refractivity contribution >= 4 is 17.8 Å². The Morgan fingerprint density at radius 2 is 1.96 bits per heavy atom. The highest BCUT2D eigenvalue weighted by Gasteiger charge is 2.29. The van der Waals surface area contributed by atoms with Crippen molar-refractivity contribution in [2.45, 2.75) is 52.1 Å². The molecular weight excluding hydrogens is 356 g/mol. The van der Waals surface area contributed by atoms with Crippen molar-refractivity contribution in [3.8, 4) is 0 Å². The highest BCUT2D eigenvalue weighted by molar-refractivity contribution is 7.99. The number of pyridine rings is 1. The molecule has 0 radical (unpaired) electrons. The first-order valence-electron chi connectivity index (χ1n) is 10.2. The van der Waals surface area contributed by atoms with Crippen molar-refractivity contribution in [1.29, 1.82) is 0 Å². The number of hydrogen-bond donors (Lipinski definition) is 1. The molecule has 2 amide bonds. The summed E-state index contributed by atoms with van der Waals surface area (Å²) in [5.41, 5.74) is 1.22. The van der Waals surface area contributed by atoms with E-state index in [0.29, 0.717) is 6.04 Å². The van der Waals surface area contributed by atoms with Gasteiger partial charge in [-0.25, -0.2) is 4.79 Å². The van der Waals surface area contributed by atoms with E-state index in [2.05, 4.69) is 53.8 Å². The van der Waals surface area contributed by atoms with Gasteiger partial charge in [0.2, 0.25) is 0 Å². The third-order valence-electron chi connectivity index (χ3n) is 5.51. The summed E-state index contributed by atoms with van der Waals surface area (Å²) >= 11 is 2.06. The first-order valence-corrected chi connectivity index (χ1v) is 11.3. The molecular formula is C21H34N4OS. The minimum Gasteiger partial charge on any atom is -0.331 e. The Morgan fingerprint density at radius 1 is 1.26 bits per heavy atom. The van der Waals surface area contributed by atoms with Crippen LogP contribution in [0.15, 0.2) is 24.5 Å². The standard InChI is InChI=1S/C21H34N4OS/c1-21(2,3)15-19(17-5-4-8-22-16-17)23-20(26)25-9-6-18(7-10-25)24-11-13-27-14-12-24/h4-5,8,16,18-19H,6-7,9-15H2,1-3H3,(H,23,26)/t19-/m1/s1. The molecule has 0 saturated carbocycles. The lowest BCUT2D eigenvalue weighted by molar-refractivity contribution is 0.122. The second kappa shape index (κ2) is 9.28. The minimum atomic E-state index is 0.00282. The highest BCUT2D eigenvalue weighted by atomic mass is 32.2. The van der Waals surface area contributed by atoms with Crippen LogP contribution < -0.4 is 5.32 Å². The molecule has 2 aliphatic rings. The molecule has 1 aromatic heterocycles. The topological polar surface area (TPSA) is 48.5 Å². The first kappa shape index (κ1) is 20.5. The van der Waals surface area contributed by atoms with Crippen LogP contribution in [0.25, 0.3) is 0 Å². The Kier molecular flexibility index (Phi) is 7.04. The molecule has 0 unspecified atom stereocenters. The molecule has 0 spiro atoms. The van der Waals surface area contributed by atoms with E-state index < -0.39 is 0 Å². The van der Waals surface area contributed by atoms with Crippen LogP contribution in [0.3, 0.4) is 0 Å². The smallest absolute Gasteiger partial charge is 0.317 e. The van der Waals surface area contributed by atoms with Gasteiger partial charge in [0.05, 0.1) is 6.04 Å². The quantitative estimate of drug-likeness (QED) is 0.850. The van der Waals surface area contributed by atoms with Crippen molar-refractivity contribution in [2.24, 2.45) is 5.41 Å². The summed E-state index contributed by atoms with van der Waals surface area (Å²) in [5.74, 6) is 2.50. The van der Waals surface area contributed by atoms with Crippen LogP contribution in [-0.4, -0.2) is 64.5 Å². The molecule has 0 aromatic carbocycles. The minimum absolute atomic E-state index is 0.00282. The fourth-order valence-electron chi connectivity index (χ4n) is 4.06. The Morgan fingerprint density at radius 3 is 2.56 bits per heavy atom. The zero-order valence-corrected chi connectivity index (χ0v) is 17.8. The largest absolute Gasteiger partial charge is 0.331 e. The molecule has 3 heterocycles. The van der Waals surface area contributed by atoms with Gasteiger partial charge in [0.1, 0.15) is 0 Å². The number of likely N-dealkylation sites (tertiary alicyclic amines) is 1. The molecule has 150 valence electrons. The summed E-state index contributed by atoms with van der Waals surface area (Å²) in [5, 5.41) is 3.28. The number of carbonyl (C=O) groups is 1. The number of urea groups is 1. The average molecular weight is 391 g/mol. The lowest BCUT2D eigenvalue weighted by Crippen LogP contribution is -2.51. The molecule has 2 aliphatic heterocycles. The maximum Gasteiger partial charge on any atom is 0.317 e. The molecule has 1 aromatic rings. The highest BCUT2D eigenvalue weighted by Crippen LogP contribution is 2.29. The van der Waals surface area contributed by atoms with Gasteiger partial charge in [-0.15, -0.1) is 0 Å². The van der Waals surface area contributed by atoms with E-state index in [4.69, 9.17) is 0 Å².